The first kappa shape index (κ1) is 12.6. The predicted octanol–water partition coefficient (Wildman–Crippen LogP) is 3.73. The molecule has 4 rings (SSSR count). The van der Waals surface area contributed by atoms with Crippen molar-refractivity contribution in [2.45, 2.75) is 37.6 Å². The van der Waals surface area contributed by atoms with Gasteiger partial charge in [0.05, 0.1) is 11.4 Å². The van der Waals surface area contributed by atoms with Crippen molar-refractivity contribution in [3.05, 3.63) is 59.7 Å². The highest BCUT2D eigenvalue weighted by atomic mass is 15.0. The fraction of sp³-hybridized carbons (Fsp3) is 0.316. The molecule has 2 aromatic carbocycles. The molecular formula is C19H20N2. The third-order valence-electron chi connectivity index (χ3n) is 4.94. The molecule has 2 nitrogen and oxygen atoms in total. The maximum Gasteiger partial charge on any atom is 0.0945 e. The van der Waals surface area contributed by atoms with E-state index in [4.69, 9.17) is 10.7 Å². The van der Waals surface area contributed by atoms with Crippen LogP contribution in [0.3, 0.4) is 0 Å². The molecule has 1 atom stereocenters. The average Bonchev–Trinajstić information content (AvgIpc) is 2.88. The molecule has 2 aromatic rings. The van der Waals surface area contributed by atoms with E-state index in [1.54, 1.807) is 0 Å². The lowest BCUT2D eigenvalue weighted by Gasteiger charge is -2.33. The number of aliphatic imine (C=N–C) groups is 1. The Hall–Kier alpha value is -2.09. The highest BCUT2D eigenvalue weighted by Crippen LogP contribution is 2.41. The van der Waals surface area contributed by atoms with Crippen LogP contribution in [0.25, 0.3) is 11.1 Å². The summed E-state index contributed by atoms with van der Waals surface area (Å²) < 4.78 is 0. The highest BCUT2D eigenvalue weighted by Gasteiger charge is 2.37. The van der Waals surface area contributed by atoms with Gasteiger partial charge >= 0.3 is 0 Å². The second-order valence-corrected chi connectivity index (χ2v) is 6.31. The van der Waals surface area contributed by atoms with Gasteiger partial charge in [-0.25, -0.2) is 0 Å². The topological polar surface area (TPSA) is 38.4 Å². The van der Waals surface area contributed by atoms with E-state index in [1.807, 2.05) is 0 Å². The number of fused-ring (bicyclic) bond motifs is 1. The molecule has 0 saturated heterocycles. The maximum absolute atomic E-state index is 5.93. The highest BCUT2D eigenvalue weighted by molar-refractivity contribution is 5.83. The SMILES string of the molecule is NC1=NC2(CC1)CCc1c(cccc1-c1ccccc1)C2. The van der Waals surface area contributed by atoms with E-state index in [2.05, 4.69) is 48.5 Å². The Bertz CT molecular complexity index is 703. The van der Waals surface area contributed by atoms with Crippen molar-refractivity contribution in [3.63, 3.8) is 0 Å². The first-order chi connectivity index (χ1) is 10.3. The molecule has 1 spiro atoms. The van der Waals surface area contributed by atoms with Gasteiger partial charge in [0.2, 0.25) is 0 Å². The number of rotatable bonds is 1. The normalized spacial score (nSPS) is 23.9. The number of nitrogens with two attached hydrogens (primary N) is 1. The van der Waals surface area contributed by atoms with Gasteiger partial charge in [-0.3, -0.25) is 4.99 Å². The van der Waals surface area contributed by atoms with Crippen molar-refractivity contribution in [2.75, 3.05) is 0 Å². The standard InChI is InChI=1S/C19H20N2/c20-18-10-12-19(21-18)11-9-17-15(13-19)7-4-8-16(17)14-5-2-1-3-6-14/h1-8H,9-13H2,(H2,20,21). The van der Waals surface area contributed by atoms with Crippen LogP contribution in [-0.4, -0.2) is 11.4 Å². The van der Waals surface area contributed by atoms with Crippen LogP contribution in [0.5, 0.6) is 0 Å². The fourth-order valence-corrected chi connectivity index (χ4v) is 3.87. The van der Waals surface area contributed by atoms with E-state index >= 15 is 0 Å². The molecule has 1 heterocycles. The Kier molecular flexibility index (Phi) is 2.85. The van der Waals surface area contributed by atoms with Crippen LogP contribution in [0.4, 0.5) is 0 Å². The van der Waals surface area contributed by atoms with Gasteiger partial charge in [-0.05, 0) is 47.9 Å². The van der Waals surface area contributed by atoms with E-state index in [9.17, 15) is 0 Å². The van der Waals surface area contributed by atoms with E-state index in [0.717, 1.165) is 37.9 Å². The monoisotopic (exact) mass is 276 g/mol. The third kappa shape index (κ3) is 2.15. The molecule has 1 aliphatic carbocycles. The van der Waals surface area contributed by atoms with Crippen molar-refractivity contribution in [1.82, 2.24) is 0 Å². The molecule has 0 bridgehead atoms. The van der Waals surface area contributed by atoms with E-state index in [1.165, 1.54) is 22.3 Å². The average molecular weight is 276 g/mol. The van der Waals surface area contributed by atoms with Gasteiger partial charge in [-0.15, -0.1) is 0 Å². The third-order valence-corrected chi connectivity index (χ3v) is 4.94. The zero-order valence-corrected chi connectivity index (χ0v) is 12.2. The molecule has 1 unspecified atom stereocenters. The number of benzene rings is 2. The van der Waals surface area contributed by atoms with Crippen molar-refractivity contribution in [1.29, 1.82) is 0 Å². The minimum atomic E-state index is 0.0897. The summed E-state index contributed by atoms with van der Waals surface area (Å²) in [6.07, 6.45) is 5.37. The summed E-state index contributed by atoms with van der Waals surface area (Å²) in [7, 11) is 0. The summed E-state index contributed by atoms with van der Waals surface area (Å²) in [6.45, 7) is 0. The summed E-state index contributed by atoms with van der Waals surface area (Å²) >= 11 is 0. The Morgan fingerprint density at radius 1 is 0.905 bits per heavy atom. The van der Waals surface area contributed by atoms with E-state index < -0.39 is 0 Å². The van der Waals surface area contributed by atoms with Gasteiger partial charge in [0.1, 0.15) is 0 Å². The summed E-state index contributed by atoms with van der Waals surface area (Å²) in [6, 6.07) is 17.4. The Labute approximate surface area is 125 Å². The molecule has 2 heteroatoms. The van der Waals surface area contributed by atoms with E-state index in [0.29, 0.717) is 0 Å². The first-order valence-corrected chi connectivity index (χ1v) is 7.76. The number of amidine groups is 1. The predicted molar refractivity (Wildman–Crippen MR) is 87.5 cm³/mol. The minimum Gasteiger partial charge on any atom is -0.387 e. The van der Waals surface area contributed by atoms with Gasteiger partial charge in [0.25, 0.3) is 0 Å². The summed E-state index contributed by atoms with van der Waals surface area (Å²) in [5.41, 5.74) is 11.7. The molecule has 0 aromatic heterocycles. The zero-order chi connectivity index (χ0) is 14.3. The minimum absolute atomic E-state index is 0.0897. The van der Waals surface area contributed by atoms with Crippen LogP contribution in [0, 0.1) is 0 Å². The lowest BCUT2D eigenvalue weighted by Crippen LogP contribution is -2.32. The van der Waals surface area contributed by atoms with Crippen LogP contribution in [-0.2, 0) is 12.8 Å². The van der Waals surface area contributed by atoms with Gasteiger partial charge < -0.3 is 5.73 Å². The molecule has 106 valence electrons. The molecule has 2 N–H and O–H groups in total. The van der Waals surface area contributed by atoms with Crippen molar-refractivity contribution in [3.8, 4) is 11.1 Å². The zero-order valence-electron chi connectivity index (χ0n) is 12.2. The molecule has 0 saturated carbocycles. The van der Waals surface area contributed by atoms with Gasteiger partial charge in [0.15, 0.2) is 0 Å². The van der Waals surface area contributed by atoms with E-state index in [-0.39, 0.29) is 5.54 Å². The van der Waals surface area contributed by atoms with Crippen LogP contribution in [0.15, 0.2) is 53.5 Å². The van der Waals surface area contributed by atoms with Crippen molar-refractivity contribution >= 4 is 5.84 Å². The lowest BCUT2D eigenvalue weighted by atomic mass is 9.75. The Morgan fingerprint density at radius 2 is 1.71 bits per heavy atom. The quantitative estimate of drug-likeness (QED) is 0.846. The van der Waals surface area contributed by atoms with Gasteiger partial charge in [-0.2, -0.15) is 0 Å². The number of nitrogens with zero attached hydrogens (tertiary/aromatic N) is 1. The lowest BCUT2D eigenvalue weighted by molar-refractivity contribution is 0.375. The molecule has 21 heavy (non-hydrogen) atoms. The van der Waals surface area contributed by atoms with Crippen LogP contribution < -0.4 is 5.73 Å². The second-order valence-electron chi connectivity index (χ2n) is 6.31. The summed E-state index contributed by atoms with van der Waals surface area (Å²) in [5.74, 6) is 0.845. The molecule has 0 radical (unpaired) electrons. The second kappa shape index (κ2) is 4.73. The van der Waals surface area contributed by atoms with Gasteiger partial charge in [0, 0.05) is 6.42 Å². The van der Waals surface area contributed by atoms with Crippen LogP contribution in [0.1, 0.15) is 30.4 Å². The number of hydrogen-bond acceptors (Lipinski definition) is 2. The summed E-state index contributed by atoms with van der Waals surface area (Å²) in [5, 5.41) is 0. The van der Waals surface area contributed by atoms with Crippen LogP contribution in [0.2, 0.25) is 0 Å². The molecule has 2 aliphatic rings. The number of hydrogen-bond donors (Lipinski definition) is 1. The fourth-order valence-electron chi connectivity index (χ4n) is 3.87. The van der Waals surface area contributed by atoms with Crippen molar-refractivity contribution < 1.29 is 0 Å². The molecule has 0 fully saturated rings. The Morgan fingerprint density at radius 3 is 2.48 bits per heavy atom. The first-order valence-electron chi connectivity index (χ1n) is 7.76. The Balaban J connectivity index is 1.75. The van der Waals surface area contributed by atoms with Gasteiger partial charge in [-0.1, -0.05) is 48.5 Å². The molecular weight excluding hydrogens is 256 g/mol. The smallest absolute Gasteiger partial charge is 0.0945 e. The van der Waals surface area contributed by atoms with Crippen molar-refractivity contribution in [2.24, 2.45) is 10.7 Å². The van der Waals surface area contributed by atoms with Crippen LogP contribution >= 0.6 is 0 Å². The maximum atomic E-state index is 5.93. The molecule has 0 amide bonds. The molecule has 1 aliphatic heterocycles. The largest absolute Gasteiger partial charge is 0.387 e. The summed E-state index contributed by atoms with van der Waals surface area (Å²) in [4.78, 5) is 4.78.